The Labute approximate surface area is 118 Å². The van der Waals surface area contributed by atoms with Crippen LogP contribution in [0, 0.1) is 5.92 Å². The van der Waals surface area contributed by atoms with Crippen LogP contribution in [0.5, 0.6) is 5.75 Å². The molecule has 0 aromatic heterocycles. The first-order valence-corrected chi connectivity index (χ1v) is 6.39. The van der Waals surface area contributed by atoms with Gasteiger partial charge in [0.1, 0.15) is 12.4 Å². The van der Waals surface area contributed by atoms with Gasteiger partial charge >= 0.3 is 0 Å². The van der Waals surface area contributed by atoms with Gasteiger partial charge in [0.25, 0.3) is 0 Å². The zero-order valence-corrected chi connectivity index (χ0v) is 11.9. The second-order valence-corrected chi connectivity index (χ2v) is 4.63. The highest BCUT2D eigenvalue weighted by Crippen LogP contribution is 2.17. The molecule has 1 amide bonds. The van der Waals surface area contributed by atoms with Crippen LogP contribution in [0.2, 0.25) is 0 Å². The molecule has 0 aliphatic carbocycles. The number of rotatable bonds is 5. The zero-order valence-electron chi connectivity index (χ0n) is 11.1. The number of amides is 1. The lowest BCUT2D eigenvalue weighted by molar-refractivity contribution is -0.122. The molecule has 0 heterocycles. The lowest BCUT2D eigenvalue weighted by atomic mass is 10.2. The van der Waals surface area contributed by atoms with Crippen LogP contribution in [0.25, 0.3) is 0 Å². The van der Waals surface area contributed by atoms with Crippen LogP contribution < -0.4 is 15.4 Å². The second kappa shape index (κ2) is 7.53. The lowest BCUT2D eigenvalue weighted by Crippen LogP contribution is -2.36. The predicted molar refractivity (Wildman–Crippen MR) is 81.3 cm³/mol. The van der Waals surface area contributed by atoms with Crippen molar-refractivity contribution in [3.8, 4) is 5.75 Å². The fourth-order valence-corrected chi connectivity index (χ4v) is 1.46. The SMILES string of the molecule is C=CCOc1cccc(NC(=S)NC(=O)C(C)C)c1. The van der Waals surface area contributed by atoms with Crippen molar-refractivity contribution in [2.24, 2.45) is 5.92 Å². The molecule has 0 unspecified atom stereocenters. The van der Waals surface area contributed by atoms with E-state index in [4.69, 9.17) is 17.0 Å². The molecule has 0 radical (unpaired) electrons. The summed E-state index contributed by atoms with van der Waals surface area (Å²) in [7, 11) is 0. The van der Waals surface area contributed by atoms with Gasteiger partial charge in [-0.15, -0.1) is 0 Å². The van der Waals surface area contributed by atoms with Gasteiger partial charge in [-0.1, -0.05) is 32.6 Å². The van der Waals surface area contributed by atoms with Gasteiger partial charge in [0.05, 0.1) is 0 Å². The minimum atomic E-state index is -0.114. The number of anilines is 1. The molecular formula is C14H18N2O2S. The Balaban J connectivity index is 2.59. The van der Waals surface area contributed by atoms with Crippen molar-refractivity contribution in [2.75, 3.05) is 11.9 Å². The first kappa shape index (κ1) is 15.2. The van der Waals surface area contributed by atoms with Crippen molar-refractivity contribution in [2.45, 2.75) is 13.8 Å². The van der Waals surface area contributed by atoms with Crippen LogP contribution >= 0.6 is 12.2 Å². The number of hydrogen-bond donors (Lipinski definition) is 2. The Morgan fingerprint density at radius 1 is 1.53 bits per heavy atom. The van der Waals surface area contributed by atoms with E-state index in [0.29, 0.717) is 12.4 Å². The maximum Gasteiger partial charge on any atom is 0.228 e. The molecule has 0 aliphatic heterocycles. The molecule has 19 heavy (non-hydrogen) atoms. The molecule has 0 fully saturated rings. The van der Waals surface area contributed by atoms with Gasteiger partial charge in [0.2, 0.25) is 5.91 Å². The average molecular weight is 278 g/mol. The number of thiocarbonyl (C=S) groups is 1. The quantitative estimate of drug-likeness (QED) is 0.642. The molecule has 1 aromatic rings. The van der Waals surface area contributed by atoms with Gasteiger partial charge in [0.15, 0.2) is 5.11 Å². The summed E-state index contributed by atoms with van der Waals surface area (Å²) in [6.07, 6.45) is 1.67. The van der Waals surface area contributed by atoms with Crippen molar-refractivity contribution in [1.29, 1.82) is 0 Å². The predicted octanol–water partition coefficient (Wildman–Crippen LogP) is 2.72. The van der Waals surface area contributed by atoms with Crippen molar-refractivity contribution in [1.82, 2.24) is 5.32 Å². The molecular weight excluding hydrogens is 260 g/mol. The summed E-state index contributed by atoms with van der Waals surface area (Å²) in [4.78, 5) is 11.5. The standard InChI is InChI=1S/C14H18N2O2S/c1-4-8-18-12-7-5-6-11(9-12)15-14(19)16-13(17)10(2)3/h4-7,9-10H,1,8H2,2-3H3,(H2,15,16,17,19). The van der Waals surface area contributed by atoms with Crippen molar-refractivity contribution in [3.05, 3.63) is 36.9 Å². The molecule has 4 nitrogen and oxygen atoms in total. The Morgan fingerprint density at radius 2 is 2.26 bits per heavy atom. The van der Waals surface area contributed by atoms with Gasteiger partial charge in [-0.25, -0.2) is 0 Å². The Morgan fingerprint density at radius 3 is 2.89 bits per heavy atom. The molecule has 1 rings (SSSR count). The van der Waals surface area contributed by atoms with Gasteiger partial charge in [-0.2, -0.15) is 0 Å². The number of carbonyl (C=O) groups is 1. The van der Waals surface area contributed by atoms with E-state index in [0.717, 1.165) is 5.69 Å². The van der Waals surface area contributed by atoms with Gasteiger partial charge < -0.3 is 15.4 Å². The monoisotopic (exact) mass is 278 g/mol. The molecule has 0 spiro atoms. The Kier molecular flexibility index (Phi) is 6.02. The maximum absolute atomic E-state index is 11.5. The van der Waals surface area contributed by atoms with Crippen LogP contribution in [0.3, 0.4) is 0 Å². The molecule has 0 aliphatic rings. The van der Waals surface area contributed by atoms with Crippen molar-refractivity contribution >= 4 is 28.9 Å². The average Bonchev–Trinajstić information content (AvgIpc) is 2.36. The number of nitrogens with one attached hydrogen (secondary N) is 2. The van der Waals surface area contributed by atoms with E-state index in [1.165, 1.54) is 0 Å². The van der Waals surface area contributed by atoms with E-state index >= 15 is 0 Å². The zero-order chi connectivity index (χ0) is 14.3. The lowest BCUT2D eigenvalue weighted by Gasteiger charge is -2.12. The highest BCUT2D eigenvalue weighted by Gasteiger charge is 2.08. The van der Waals surface area contributed by atoms with Crippen LogP contribution in [0.1, 0.15) is 13.8 Å². The first-order valence-electron chi connectivity index (χ1n) is 5.98. The van der Waals surface area contributed by atoms with Crippen LogP contribution in [-0.2, 0) is 4.79 Å². The molecule has 102 valence electrons. The van der Waals surface area contributed by atoms with Crippen LogP contribution in [0.15, 0.2) is 36.9 Å². The molecule has 5 heteroatoms. The topological polar surface area (TPSA) is 50.4 Å². The highest BCUT2D eigenvalue weighted by atomic mass is 32.1. The minimum absolute atomic E-state index is 0.109. The molecule has 2 N–H and O–H groups in total. The number of benzene rings is 1. The van der Waals surface area contributed by atoms with E-state index < -0.39 is 0 Å². The molecule has 0 atom stereocenters. The summed E-state index contributed by atoms with van der Waals surface area (Å²) < 4.78 is 5.41. The second-order valence-electron chi connectivity index (χ2n) is 4.23. The molecule has 0 bridgehead atoms. The largest absolute Gasteiger partial charge is 0.489 e. The Bertz CT molecular complexity index is 472. The third-order valence-corrected chi connectivity index (χ3v) is 2.42. The van der Waals surface area contributed by atoms with Crippen molar-refractivity contribution in [3.63, 3.8) is 0 Å². The van der Waals surface area contributed by atoms with Crippen LogP contribution in [0.4, 0.5) is 5.69 Å². The Hall–Kier alpha value is -1.88. The first-order chi connectivity index (χ1) is 9.02. The summed E-state index contributed by atoms with van der Waals surface area (Å²) in [5.74, 6) is 0.487. The van der Waals surface area contributed by atoms with E-state index in [9.17, 15) is 4.79 Å². The fourth-order valence-electron chi connectivity index (χ4n) is 1.24. The summed E-state index contributed by atoms with van der Waals surface area (Å²) in [6, 6.07) is 7.32. The number of hydrogen-bond acceptors (Lipinski definition) is 3. The molecule has 0 saturated carbocycles. The van der Waals surface area contributed by atoms with E-state index in [2.05, 4.69) is 17.2 Å². The summed E-state index contributed by atoms with van der Waals surface area (Å²) in [6.45, 7) is 7.64. The van der Waals surface area contributed by atoms with Gasteiger partial charge in [0, 0.05) is 17.7 Å². The maximum atomic E-state index is 11.5. The summed E-state index contributed by atoms with van der Waals surface area (Å²) in [5, 5.41) is 5.83. The molecule has 1 aromatic carbocycles. The fraction of sp³-hybridized carbons (Fsp3) is 0.286. The minimum Gasteiger partial charge on any atom is -0.489 e. The van der Waals surface area contributed by atoms with E-state index in [-0.39, 0.29) is 16.9 Å². The normalized spacial score (nSPS) is 9.84. The molecule has 0 saturated heterocycles. The van der Waals surface area contributed by atoms with Crippen LogP contribution in [-0.4, -0.2) is 17.6 Å². The summed E-state index contributed by atoms with van der Waals surface area (Å²) in [5.41, 5.74) is 0.760. The van der Waals surface area contributed by atoms with Gasteiger partial charge in [-0.3, -0.25) is 4.79 Å². The number of ether oxygens (including phenoxy) is 1. The van der Waals surface area contributed by atoms with E-state index in [1.807, 2.05) is 32.0 Å². The van der Waals surface area contributed by atoms with E-state index in [1.54, 1.807) is 12.1 Å². The third kappa shape index (κ3) is 5.52. The van der Waals surface area contributed by atoms with Crippen molar-refractivity contribution < 1.29 is 9.53 Å². The summed E-state index contributed by atoms with van der Waals surface area (Å²) >= 11 is 5.06. The third-order valence-electron chi connectivity index (χ3n) is 2.22. The number of carbonyl (C=O) groups excluding carboxylic acids is 1. The van der Waals surface area contributed by atoms with Gasteiger partial charge in [-0.05, 0) is 24.4 Å². The smallest absolute Gasteiger partial charge is 0.228 e. The highest BCUT2D eigenvalue weighted by molar-refractivity contribution is 7.80.